The lowest BCUT2D eigenvalue weighted by molar-refractivity contribution is 0.0958. The number of rotatable bonds is 5. The third kappa shape index (κ3) is 3.71. The molecule has 6 heteroatoms. The molecule has 0 aliphatic heterocycles. The summed E-state index contributed by atoms with van der Waals surface area (Å²) in [6.07, 6.45) is 0.773. The Bertz CT molecular complexity index is 970. The van der Waals surface area contributed by atoms with E-state index in [2.05, 4.69) is 5.32 Å². The Morgan fingerprint density at radius 3 is 2.42 bits per heavy atom. The summed E-state index contributed by atoms with van der Waals surface area (Å²) in [6.45, 7) is 4.58. The summed E-state index contributed by atoms with van der Waals surface area (Å²) in [6, 6.07) is 16.1. The molecule has 0 fully saturated rings. The molecule has 0 radical (unpaired) electrons. The molecule has 2 aromatic carbocycles. The van der Waals surface area contributed by atoms with Crippen LogP contribution in [0.1, 0.15) is 26.4 Å². The van der Waals surface area contributed by atoms with Crippen LogP contribution in [-0.2, 0) is 6.42 Å². The van der Waals surface area contributed by atoms with Crippen molar-refractivity contribution in [2.75, 3.05) is 12.3 Å². The second kappa shape index (κ2) is 7.85. The molecule has 0 atom stereocenters. The smallest absolute Gasteiger partial charge is 0.265 e. The molecule has 3 aromatic rings. The molecule has 1 heterocycles. The molecule has 26 heavy (non-hydrogen) atoms. The van der Waals surface area contributed by atoms with E-state index in [-0.39, 0.29) is 5.91 Å². The van der Waals surface area contributed by atoms with Gasteiger partial charge < -0.3 is 11.1 Å². The minimum Gasteiger partial charge on any atom is -0.383 e. The summed E-state index contributed by atoms with van der Waals surface area (Å²) in [4.78, 5) is 13.0. The molecule has 3 N–H and O–H groups in total. The van der Waals surface area contributed by atoms with Crippen molar-refractivity contribution in [3.63, 3.8) is 0 Å². The molecule has 0 bridgehead atoms. The van der Waals surface area contributed by atoms with E-state index in [4.69, 9.17) is 18.0 Å². The van der Waals surface area contributed by atoms with Crippen LogP contribution in [0.25, 0.3) is 5.69 Å². The first-order valence-electron chi connectivity index (χ1n) is 8.39. The van der Waals surface area contributed by atoms with E-state index < -0.39 is 0 Å². The zero-order valence-electron chi connectivity index (χ0n) is 14.8. The fourth-order valence-corrected chi connectivity index (χ4v) is 4.22. The van der Waals surface area contributed by atoms with Crippen LogP contribution in [0.3, 0.4) is 0 Å². The van der Waals surface area contributed by atoms with Gasteiger partial charge in [0.05, 0.1) is 5.69 Å². The van der Waals surface area contributed by atoms with Crippen LogP contribution in [0.5, 0.6) is 0 Å². The molecule has 4 nitrogen and oxygen atoms in total. The van der Waals surface area contributed by atoms with E-state index in [0.29, 0.717) is 21.2 Å². The van der Waals surface area contributed by atoms with Crippen molar-refractivity contribution in [2.45, 2.75) is 20.3 Å². The maximum absolute atomic E-state index is 12.6. The van der Waals surface area contributed by atoms with Crippen molar-refractivity contribution < 1.29 is 4.79 Å². The number of amides is 1. The number of hydrogen-bond acceptors (Lipinski definition) is 4. The number of thiazole rings is 1. The minimum atomic E-state index is -0.181. The van der Waals surface area contributed by atoms with Gasteiger partial charge in [-0.15, -0.1) is 0 Å². The van der Waals surface area contributed by atoms with Crippen LogP contribution in [0.2, 0.25) is 0 Å². The topological polar surface area (TPSA) is 60.0 Å². The van der Waals surface area contributed by atoms with E-state index in [1.807, 2.05) is 62.4 Å². The lowest BCUT2D eigenvalue weighted by Crippen LogP contribution is -2.26. The fraction of sp³-hybridized carbons (Fsp3) is 0.200. The van der Waals surface area contributed by atoms with Gasteiger partial charge in [-0.1, -0.05) is 59.9 Å². The fourth-order valence-electron chi connectivity index (χ4n) is 2.96. The molecule has 134 valence electrons. The van der Waals surface area contributed by atoms with E-state index in [1.165, 1.54) is 16.9 Å². The van der Waals surface area contributed by atoms with Gasteiger partial charge >= 0.3 is 0 Å². The van der Waals surface area contributed by atoms with E-state index in [1.54, 1.807) is 4.57 Å². The summed E-state index contributed by atoms with van der Waals surface area (Å²) in [5.41, 5.74) is 10.6. The van der Waals surface area contributed by atoms with Crippen LogP contribution >= 0.6 is 23.6 Å². The van der Waals surface area contributed by atoms with Crippen molar-refractivity contribution in [2.24, 2.45) is 0 Å². The highest BCUT2D eigenvalue weighted by atomic mass is 32.1. The normalized spacial score (nSPS) is 10.7. The highest BCUT2D eigenvalue weighted by Gasteiger charge is 2.19. The number of anilines is 1. The summed E-state index contributed by atoms with van der Waals surface area (Å²) < 4.78 is 2.38. The third-order valence-corrected chi connectivity index (χ3v) is 5.65. The molecule has 0 aliphatic rings. The summed E-state index contributed by atoms with van der Waals surface area (Å²) in [5, 5.41) is 2.94. The van der Waals surface area contributed by atoms with Crippen LogP contribution in [0.15, 0.2) is 48.5 Å². The standard InChI is InChI=1S/C20H21N3OS2/c1-13-7-6-8-14(2)16(13)23-18(21)17(26-20(23)25)19(24)22-12-11-15-9-4-3-5-10-15/h3-10H,11-12,21H2,1-2H3,(H,22,24). The Kier molecular flexibility index (Phi) is 5.54. The molecular formula is C20H21N3OS2. The molecule has 3 rings (SSSR count). The number of carbonyl (C=O) groups excluding carboxylic acids is 1. The maximum Gasteiger partial charge on any atom is 0.265 e. The summed E-state index contributed by atoms with van der Waals surface area (Å²) in [7, 11) is 0. The number of nitrogens with two attached hydrogens (primary N) is 1. The number of para-hydroxylation sites is 1. The summed E-state index contributed by atoms with van der Waals surface area (Å²) >= 11 is 6.74. The quantitative estimate of drug-likeness (QED) is 0.640. The number of benzene rings is 2. The number of nitrogen functional groups attached to an aromatic ring is 1. The molecular weight excluding hydrogens is 362 g/mol. The minimum absolute atomic E-state index is 0.181. The Labute approximate surface area is 162 Å². The largest absolute Gasteiger partial charge is 0.383 e. The number of nitrogens with zero attached hydrogens (tertiary/aromatic N) is 1. The van der Waals surface area contributed by atoms with Gasteiger partial charge in [-0.05, 0) is 49.2 Å². The van der Waals surface area contributed by atoms with Gasteiger partial charge in [0.25, 0.3) is 5.91 Å². The van der Waals surface area contributed by atoms with Crippen LogP contribution in [0.4, 0.5) is 5.82 Å². The van der Waals surface area contributed by atoms with Crippen molar-refractivity contribution in [3.05, 3.63) is 74.1 Å². The Balaban J connectivity index is 1.81. The van der Waals surface area contributed by atoms with Crippen molar-refractivity contribution in [1.82, 2.24) is 9.88 Å². The van der Waals surface area contributed by atoms with E-state index >= 15 is 0 Å². The lowest BCUT2D eigenvalue weighted by Gasteiger charge is -2.13. The molecule has 1 amide bonds. The molecule has 0 spiro atoms. The van der Waals surface area contributed by atoms with Crippen molar-refractivity contribution in [1.29, 1.82) is 0 Å². The van der Waals surface area contributed by atoms with Gasteiger partial charge in [-0.25, -0.2) is 0 Å². The predicted octanol–water partition coefficient (Wildman–Crippen LogP) is 4.44. The number of nitrogens with one attached hydrogen (secondary N) is 1. The number of aromatic nitrogens is 1. The van der Waals surface area contributed by atoms with Gasteiger partial charge in [0.15, 0.2) is 3.95 Å². The Morgan fingerprint density at radius 1 is 1.12 bits per heavy atom. The molecule has 0 saturated carbocycles. The molecule has 0 aliphatic carbocycles. The predicted molar refractivity (Wildman–Crippen MR) is 111 cm³/mol. The van der Waals surface area contributed by atoms with Gasteiger partial charge in [0, 0.05) is 6.54 Å². The van der Waals surface area contributed by atoms with E-state index in [0.717, 1.165) is 23.2 Å². The zero-order chi connectivity index (χ0) is 18.7. The average Bonchev–Trinajstić information content (AvgIpc) is 2.91. The number of hydrogen-bond donors (Lipinski definition) is 2. The van der Waals surface area contributed by atoms with Crippen LogP contribution in [0, 0.1) is 17.8 Å². The first kappa shape index (κ1) is 18.4. The average molecular weight is 384 g/mol. The SMILES string of the molecule is Cc1cccc(C)c1-n1c(N)c(C(=O)NCCc2ccccc2)sc1=S. The third-order valence-electron chi connectivity index (χ3n) is 4.26. The van der Waals surface area contributed by atoms with Gasteiger partial charge in [-0.3, -0.25) is 9.36 Å². The van der Waals surface area contributed by atoms with E-state index in [9.17, 15) is 4.79 Å². The Morgan fingerprint density at radius 2 is 1.77 bits per heavy atom. The maximum atomic E-state index is 12.6. The van der Waals surface area contributed by atoms with Gasteiger partial charge in [0.2, 0.25) is 0 Å². The molecule has 1 aromatic heterocycles. The summed E-state index contributed by atoms with van der Waals surface area (Å²) in [5.74, 6) is 0.217. The zero-order valence-corrected chi connectivity index (χ0v) is 16.4. The Hall–Kier alpha value is -2.44. The first-order valence-corrected chi connectivity index (χ1v) is 9.61. The second-order valence-corrected chi connectivity index (χ2v) is 7.79. The van der Waals surface area contributed by atoms with Crippen molar-refractivity contribution >= 4 is 35.3 Å². The number of carbonyl (C=O) groups is 1. The van der Waals surface area contributed by atoms with Crippen LogP contribution < -0.4 is 11.1 Å². The van der Waals surface area contributed by atoms with Crippen molar-refractivity contribution in [3.8, 4) is 5.69 Å². The highest BCUT2D eigenvalue weighted by Crippen LogP contribution is 2.29. The van der Waals surface area contributed by atoms with Gasteiger partial charge in [-0.2, -0.15) is 0 Å². The number of aryl methyl sites for hydroxylation is 2. The van der Waals surface area contributed by atoms with Gasteiger partial charge in [0.1, 0.15) is 10.7 Å². The lowest BCUT2D eigenvalue weighted by atomic mass is 10.1. The molecule has 0 unspecified atom stereocenters. The van der Waals surface area contributed by atoms with Crippen LogP contribution in [-0.4, -0.2) is 17.0 Å². The molecule has 0 saturated heterocycles. The first-order chi connectivity index (χ1) is 12.5. The second-order valence-electron chi connectivity index (χ2n) is 6.15. The highest BCUT2D eigenvalue weighted by molar-refractivity contribution is 7.73. The monoisotopic (exact) mass is 383 g/mol.